The van der Waals surface area contributed by atoms with Gasteiger partial charge in [0.1, 0.15) is 11.4 Å². The molecule has 3 aromatic rings. The van der Waals surface area contributed by atoms with Gasteiger partial charge in [-0.1, -0.05) is 0 Å². The second kappa shape index (κ2) is 10.4. The van der Waals surface area contributed by atoms with E-state index in [4.69, 9.17) is 4.74 Å². The molecule has 10 heteroatoms. The van der Waals surface area contributed by atoms with E-state index in [2.05, 4.69) is 20.5 Å². The van der Waals surface area contributed by atoms with Gasteiger partial charge < -0.3 is 29.7 Å². The molecule has 1 saturated heterocycles. The minimum Gasteiger partial charge on any atom is -0.452 e. The molecule has 0 spiro atoms. The molecular weight excluding hydrogens is 496 g/mol. The predicted molar refractivity (Wildman–Crippen MR) is 151 cm³/mol. The van der Waals surface area contributed by atoms with E-state index < -0.39 is 0 Å². The van der Waals surface area contributed by atoms with E-state index in [1.54, 1.807) is 49.5 Å². The number of nitrogens with zero attached hydrogens (tertiary/aromatic N) is 4. The summed E-state index contributed by atoms with van der Waals surface area (Å²) in [5.41, 5.74) is 3.56. The number of allylic oxidation sites excluding steroid dienone is 1. The van der Waals surface area contributed by atoms with Crippen molar-refractivity contribution in [2.24, 2.45) is 13.0 Å². The third kappa shape index (κ3) is 5.19. The molecule has 2 N–H and O–H groups in total. The van der Waals surface area contributed by atoms with Gasteiger partial charge in [-0.2, -0.15) is 0 Å². The van der Waals surface area contributed by atoms with E-state index in [0.717, 1.165) is 48.2 Å². The summed E-state index contributed by atoms with van der Waals surface area (Å²) in [6.45, 7) is 5.27. The summed E-state index contributed by atoms with van der Waals surface area (Å²) in [4.78, 5) is 46.4. The van der Waals surface area contributed by atoms with Crippen LogP contribution in [0.25, 0.3) is 17.1 Å². The van der Waals surface area contributed by atoms with Crippen molar-refractivity contribution in [3.8, 4) is 5.75 Å². The first kappa shape index (κ1) is 26.3. The molecule has 0 radical (unpaired) electrons. The Labute approximate surface area is 227 Å². The molecular formula is C29H34N6O4. The van der Waals surface area contributed by atoms with Crippen molar-refractivity contribution >= 4 is 46.2 Å². The van der Waals surface area contributed by atoms with Crippen LogP contribution in [0.2, 0.25) is 0 Å². The maximum absolute atomic E-state index is 13.3. The van der Waals surface area contributed by atoms with E-state index >= 15 is 0 Å². The zero-order chi connectivity index (χ0) is 27.8. The lowest BCUT2D eigenvalue weighted by Gasteiger charge is -2.34. The van der Waals surface area contributed by atoms with Crippen LogP contribution in [0.4, 0.5) is 16.2 Å². The number of benzene rings is 1. The Kier molecular flexibility index (Phi) is 7.03. The largest absolute Gasteiger partial charge is 0.452 e. The van der Waals surface area contributed by atoms with Crippen LogP contribution in [-0.2, 0) is 11.8 Å². The number of urea groups is 1. The number of ketones is 1. The fraction of sp³-hybridized carbons (Fsp3) is 0.379. The van der Waals surface area contributed by atoms with Gasteiger partial charge in [-0.25, -0.2) is 9.78 Å². The highest BCUT2D eigenvalue weighted by atomic mass is 16.5. The van der Waals surface area contributed by atoms with Crippen LogP contribution in [0, 0.1) is 5.92 Å². The minimum atomic E-state index is -0.335. The van der Waals surface area contributed by atoms with Crippen LogP contribution < -0.4 is 20.3 Å². The lowest BCUT2D eigenvalue weighted by Crippen LogP contribution is -2.40. The summed E-state index contributed by atoms with van der Waals surface area (Å²) in [5.74, 6) is 0.627. The Morgan fingerprint density at radius 2 is 1.92 bits per heavy atom. The van der Waals surface area contributed by atoms with E-state index in [0.29, 0.717) is 17.0 Å². The van der Waals surface area contributed by atoms with Gasteiger partial charge in [0.2, 0.25) is 11.7 Å². The number of carbonyl (C=O) groups excluding carboxylic acids is 3. The number of rotatable bonds is 5. The number of fused-ring (bicyclic) bond motifs is 2. The number of nitrogens with one attached hydrogen (secondary N) is 2. The Hall–Kier alpha value is -4.34. The molecule has 4 heterocycles. The molecule has 10 nitrogen and oxygen atoms in total. The Balaban J connectivity index is 1.42. The molecule has 0 saturated carbocycles. The highest BCUT2D eigenvalue weighted by Crippen LogP contribution is 2.37. The van der Waals surface area contributed by atoms with Crippen LogP contribution in [-0.4, -0.2) is 65.4 Å². The standard InChI is InChI=1S/C29H34N6O4/c1-17(2)31-29(38)32-20-6-7-23-21(15-20)26(36)24(39-23)14-19-16-34(5)27-25(19)22(8-11-30-27)35-12-9-18(10-13-35)28(37)33(3)4/h6-8,11,14-18H,9-10,12-13H2,1-5H3,(H2,31,32,38). The van der Waals surface area contributed by atoms with Crippen molar-refractivity contribution in [3.63, 3.8) is 0 Å². The first-order valence-electron chi connectivity index (χ1n) is 13.2. The monoisotopic (exact) mass is 530 g/mol. The van der Waals surface area contributed by atoms with Crippen LogP contribution in [0.3, 0.4) is 0 Å². The number of pyridine rings is 1. The fourth-order valence-electron chi connectivity index (χ4n) is 5.26. The minimum absolute atomic E-state index is 0.00842. The molecule has 5 rings (SSSR count). The molecule has 0 aliphatic carbocycles. The number of amides is 3. The highest BCUT2D eigenvalue weighted by molar-refractivity contribution is 6.16. The summed E-state index contributed by atoms with van der Waals surface area (Å²) in [6, 6.07) is 6.68. The number of carbonyl (C=O) groups is 3. The zero-order valence-corrected chi connectivity index (χ0v) is 22.9. The maximum Gasteiger partial charge on any atom is 0.319 e. The van der Waals surface area contributed by atoms with Gasteiger partial charge in [-0.15, -0.1) is 0 Å². The third-order valence-corrected chi connectivity index (χ3v) is 7.12. The number of hydrogen-bond acceptors (Lipinski definition) is 6. The first-order valence-corrected chi connectivity index (χ1v) is 13.2. The van der Waals surface area contributed by atoms with E-state index in [1.165, 1.54) is 0 Å². The molecule has 3 amide bonds. The predicted octanol–water partition coefficient (Wildman–Crippen LogP) is 4.02. The van der Waals surface area contributed by atoms with Gasteiger partial charge in [0.05, 0.1) is 5.56 Å². The quantitative estimate of drug-likeness (QED) is 0.483. The molecule has 1 aromatic carbocycles. The van der Waals surface area contributed by atoms with Gasteiger partial charge in [-0.05, 0) is 57.0 Å². The van der Waals surface area contributed by atoms with Gasteiger partial charge in [-0.3, -0.25) is 9.59 Å². The average molecular weight is 531 g/mol. The van der Waals surface area contributed by atoms with Crippen LogP contribution in [0.1, 0.15) is 42.6 Å². The summed E-state index contributed by atoms with van der Waals surface area (Å²) < 4.78 is 7.89. The molecule has 0 atom stereocenters. The molecule has 2 aliphatic rings. The van der Waals surface area contributed by atoms with Crippen LogP contribution in [0.5, 0.6) is 5.75 Å². The lowest BCUT2D eigenvalue weighted by molar-refractivity contribution is -0.133. The van der Waals surface area contributed by atoms with E-state index in [9.17, 15) is 14.4 Å². The lowest BCUT2D eigenvalue weighted by atomic mass is 9.95. The third-order valence-electron chi connectivity index (χ3n) is 7.12. The number of aromatic nitrogens is 2. The molecule has 204 valence electrons. The number of anilines is 2. The summed E-state index contributed by atoms with van der Waals surface area (Å²) in [7, 11) is 5.53. The number of aryl methyl sites for hydroxylation is 1. The van der Waals surface area contributed by atoms with E-state index in [-0.39, 0.29) is 35.4 Å². The first-order chi connectivity index (χ1) is 18.6. The van der Waals surface area contributed by atoms with Gasteiger partial charge >= 0.3 is 6.03 Å². The smallest absolute Gasteiger partial charge is 0.319 e. The van der Waals surface area contributed by atoms with Crippen molar-refractivity contribution in [2.75, 3.05) is 37.4 Å². The van der Waals surface area contributed by atoms with Gasteiger partial charge in [0.25, 0.3) is 0 Å². The second-order valence-electron chi connectivity index (χ2n) is 10.6. The Bertz CT molecular complexity index is 1480. The van der Waals surface area contributed by atoms with Crippen molar-refractivity contribution in [3.05, 3.63) is 53.5 Å². The topological polar surface area (TPSA) is 109 Å². The molecule has 1 fully saturated rings. The number of piperidine rings is 1. The Morgan fingerprint density at radius 3 is 2.62 bits per heavy atom. The maximum atomic E-state index is 13.3. The summed E-state index contributed by atoms with van der Waals surface area (Å²) in [5, 5.41) is 6.46. The van der Waals surface area contributed by atoms with Crippen molar-refractivity contribution in [1.29, 1.82) is 0 Å². The summed E-state index contributed by atoms with van der Waals surface area (Å²) in [6.07, 6.45) is 7.07. The molecule has 2 aliphatic heterocycles. The molecule has 2 aromatic heterocycles. The highest BCUT2D eigenvalue weighted by Gasteiger charge is 2.30. The van der Waals surface area contributed by atoms with E-state index in [1.807, 2.05) is 37.7 Å². The van der Waals surface area contributed by atoms with Gasteiger partial charge in [0, 0.05) is 80.9 Å². The second-order valence-corrected chi connectivity index (χ2v) is 10.6. The zero-order valence-electron chi connectivity index (χ0n) is 22.9. The number of ether oxygens (including phenoxy) is 1. The number of Topliss-reactive ketones (excluding diaryl/α,β-unsaturated/α-hetero) is 1. The number of hydrogen-bond donors (Lipinski definition) is 2. The molecule has 0 bridgehead atoms. The normalized spacial score (nSPS) is 16.5. The van der Waals surface area contributed by atoms with Crippen molar-refractivity contribution in [1.82, 2.24) is 19.8 Å². The van der Waals surface area contributed by atoms with Gasteiger partial charge in [0.15, 0.2) is 5.76 Å². The average Bonchev–Trinajstić information content (AvgIpc) is 3.39. The SMILES string of the molecule is CC(C)NC(=O)Nc1ccc2c(c1)C(=O)C(=Cc1cn(C)c3nccc(N4CCC(C(=O)N(C)C)CC4)c13)O2. The van der Waals surface area contributed by atoms with Crippen molar-refractivity contribution < 1.29 is 19.1 Å². The Morgan fingerprint density at radius 1 is 1.18 bits per heavy atom. The molecule has 39 heavy (non-hydrogen) atoms. The van der Waals surface area contributed by atoms with Crippen molar-refractivity contribution in [2.45, 2.75) is 32.7 Å². The van der Waals surface area contributed by atoms with Crippen LogP contribution in [0.15, 0.2) is 42.4 Å². The fourth-order valence-corrected chi connectivity index (χ4v) is 5.26. The molecule has 0 unspecified atom stereocenters. The summed E-state index contributed by atoms with van der Waals surface area (Å²) >= 11 is 0. The van der Waals surface area contributed by atoms with Crippen LogP contribution >= 0.6 is 0 Å².